The molecule has 21 heavy (non-hydrogen) atoms. The smallest absolute Gasteiger partial charge is 0.410 e. The van der Waals surface area contributed by atoms with Gasteiger partial charge in [0, 0.05) is 24.0 Å². The molecule has 0 aromatic carbocycles. The van der Waals surface area contributed by atoms with E-state index in [1.807, 2.05) is 25.7 Å². The van der Waals surface area contributed by atoms with Gasteiger partial charge >= 0.3 is 6.09 Å². The SMILES string of the molecule is CCCC1(C)C(N)C2CCCCN(C(=O)OC(C)(C)C)C21. The van der Waals surface area contributed by atoms with Crippen molar-refractivity contribution in [3.8, 4) is 0 Å². The third-order valence-corrected chi connectivity index (χ3v) is 5.24. The van der Waals surface area contributed by atoms with Crippen molar-refractivity contribution in [2.75, 3.05) is 6.54 Å². The summed E-state index contributed by atoms with van der Waals surface area (Å²) < 4.78 is 5.64. The number of amides is 1. The lowest BCUT2D eigenvalue weighted by Gasteiger charge is -2.61. The molecule has 0 aromatic heterocycles. The lowest BCUT2D eigenvalue weighted by atomic mass is 9.52. The number of carbonyl (C=O) groups is 1. The Bertz CT molecular complexity index is 391. The maximum absolute atomic E-state index is 12.6. The van der Waals surface area contributed by atoms with E-state index in [-0.39, 0.29) is 23.6 Å². The van der Waals surface area contributed by atoms with Gasteiger partial charge in [-0.25, -0.2) is 4.79 Å². The topological polar surface area (TPSA) is 55.6 Å². The van der Waals surface area contributed by atoms with Gasteiger partial charge in [-0.3, -0.25) is 0 Å². The minimum atomic E-state index is -0.439. The molecule has 1 aliphatic heterocycles. The van der Waals surface area contributed by atoms with E-state index in [9.17, 15) is 4.79 Å². The molecule has 4 heteroatoms. The van der Waals surface area contributed by atoms with Crippen molar-refractivity contribution >= 4 is 6.09 Å². The van der Waals surface area contributed by atoms with Gasteiger partial charge in [0.25, 0.3) is 0 Å². The van der Waals surface area contributed by atoms with Gasteiger partial charge in [-0.05, 0) is 46.0 Å². The lowest BCUT2D eigenvalue weighted by molar-refractivity contribution is -0.0946. The zero-order chi connectivity index (χ0) is 15.8. The monoisotopic (exact) mass is 296 g/mol. The van der Waals surface area contributed by atoms with Crippen LogP contribution in [-0.2, 0) is 4.74 Å². The summed E-state index contributed by atoms with van der Waals surface area (Å²) >= 11 is 0. The number of fused-ring (bicyclic) bond motifs is 1. The summed E-state index contributed by atoms with van der Waals surface area (Å²) in [5.41, 5.74) is 6.08. The summed E-state index contributed by atoms with van der Waals surface area (Å²) in [6.45, 7) is 11.0. The second kappa shape index (κ2) is 5.79. The summed E-state index contributed by atoms with van der Waals surface area (Å²) in [4.78, 5) is 14.6. The van der Waals surface area contributed by atoms with E-state index in [1.54, 1.807) is 0 Å². The van der Waals surface area contributed by atoms with E-state index in [1.165, 1.54) is 0 Å². The van der Waals surface area contributed by atoms with E-state index in [0.29, 0.717) is 5.92 Å². The van der Waals surface area contributed by atoms with E-state index < -0.39 is 5.60 Å². The van der Waals surface area contributed by atoms with Gasteiger partial charge in [-0.15, -0.1) is 0 Å². The molecule has 1 saturated carbocycles. The van der Waals surface area contributed by atoms with Crippen LogP contribution >= 0.6 is 0 Å². The molecule has 2 rings (SSSR count). The van der Waals surface area contributed by atoms with Crippen molar-refractivity contribution in [1.82, 2.24) is 4.90 Å². The van der Waals surface area contributed by atoms with Crippen LogP contribution in [-0.4, -0.2) is 35.2 Å². The van der Waals surface area contributed by atoms with Crippen molar-refractivity contribution < 1.29 is 9.53 Å². The number of carbonyl (C=O) groups excluding carboxylic acids is 1. The fourth-order valence-electron chi connectivity index (χ4n) is 4.36. The average Bonchev–Trinajstić information content (AvgIpc) is 2.57. The van der Waals surface area contributed by atoms with Crippen LogP contribution < -0.4 is 5.73 Å². The zero-order valence-electron chi connectivity index (χ0n) is 14.3. The van der Waals surface area contributed by atoms with Crippen LogP contribution in [0.1, 0.15) is 66.7 Å². The summed E-state index contributed by atoms with van der Waals surface area (Å²) in [5.74, 6) is 0.441. The molecule has 122 valence electrons. The van der Waals surface area contributed by atoms with Gasteiger partial charge in [0.05, 0.1) is 0 Å². The van der Waals surface area contributed by atoms with Gasteiger partial charge in [-0.2, -0.15) is 0 Å². The molecule has 2 N–H and O–H groups in total. The Balaban J connectivity index is 2.21. The highest BCUT2D eigenvalue weighted by atomic mass is 16.6. The Kier molecular flexibility index (Phi) is 4.57. The van der Waals surface area contributed by atoms with E-state index >= 15 is 0 Å². The maximum atomic E-state index is 12.6. The molecule has 1 heterocycles. The first kappa shape index (κ1) is 16.6. The summed E-state index contributed by atoms with van der Waals surface area (Å²) in [7, 11) is 0. The van der Waals surface area contributed by atoms with Crippen molar-refractivity contribution in [3.05, 3.63) is 0 Å². The second-order valence-corrected chi connectivity index (χ2v) is 8.06. The van der Waals surface area contributed by atoms with Crippen LogP contribution in [0.3, 0.4) is 0 Å². The third kappa shape index (κ3) is 3.05. The maximum Gasteiger partial charge on any atom is 0.410 e. The molecule has 4 nitrogen and oxygen atoms in total. The quantitative estimate of drug-likeness (QED) is 0.848. The van der Waals surface area contributed by atoms with E-state index in [2.05, 4.69) is 13.8 Å². The highest BCUT2D eigenvalue weighted by molar-refractivity contribution is 5.69. The van der Waals surface area contributed by atoms with Crippen LogP contribution in [0, 0.1) is 11.3 Å². The molecule has 4 atom stereocenters. The minimum absolute atomic E-state index is 0.0423. The van der Waals surface area contributed by atoms with Crippen LogP contribution in [0.25, 0.3) is 0 Å². The molecule has 1 aliphatic carbocycles. The van der Waals surface area contributed by atoms with Crippen LogP contribution in [0.4, 0.5) is 4.79 Å². The van der Waals surface area contributed by atoms with Gasteiger partial charge < -0.3 is 15.4 Å². The molecule has 2 aliphatic rings. The first-order valence-corrected chi connectivity index (χ1v) is 8.46. The van der Waals surface area contributed by atoms with Crippen LogP contribution in [0.2, 0.25) is 0 Å². The lowest BCUT2D eigenvalue weighted by Crippen LogP contribution is -2.72. The Labute approximate surface area is 129 Å². The Hall–Kier alpha value is -0.770. The highest BCUT2D eigenvalue weighted by Gasteiger charge is 2.60. The summed E-state index contributed by atoms with van der Waals surface area (Å²) in [6, 6.07) is 0.468. The molecule has 0 aromatic rings. The molecule has 4 unspecified atom stereocenters. The summed E-state index contributed by atoms with van der Waals surface area (Å²) in [6.07, 6.45) is 5.39. The van der Waals surface area contributed by atoms with Gasteiger partial charge in [0.2, 0.25) is 0 Å². The molecule has 1 saturated heterocycles. The fraction of sp³-hybridized carbons (Fsp3) is 0.941. The predicted molar refractivity (Wildman–Crippen MR) is 85.1 cm³/mol. The Morgan fingerprint density at radius 2 is 2.05 bits per heavy atom. The first-order valence-electron chi connectivity index (χ1n) is 8.46. The zero-order valence-corrected chi connectivity index (χ0v) is 14.3. The van der Waals surface area contributed by atoms with Gasteiger partial charge in [0.1, 0.15) is 5.60 Å². The normalized spacial score (nSPS) is 36.5. The molecule has 0 spiro atoms. The van der Waals surface area contributed by atoms with E-state index in [0.717, 1.165) is 38.6 Å². The Morgan fingerprint density at radius 1 is 1.38 bits per heavy atom. The third-order valence-electron chi connectivity index (χ3n) is 5.24. The van der Waals surface area contributed by atoms with Crippen LogP contribution in [0.5, 0.6) is 0 Å². The van der Waals surface area contributed by atoms with E-state index in [4.69, 9.17) is 10.5 Å². The average molecular weight is 296 g/mol. The molecule has 1 amide bonds. The van der Waals surface area contributed by atoms with Crippen molar-refractivity contribution in [2.24, 2.45) is 17.1 Å². The van der Waals surface area contributed by atoms with Crippen molar-refractivity contribution in [1.29, 1.82) is 0 Å². The number of hydrogen-bond donors (Lipinski definition) is 1. The summed E-state index contributed by atoms with van der Waals surface area (Å²) in [5, 5.41) is 0. The number of ether oxygens (including phenoxy) is 1. The molecule has 0 radical (unpaired) electrons. The molecular weight excluding hydrogens is 264 g/mol. The van der Waals surface area contributed by atoms with Crippen molar-refractivity contribution in [3.63, 3.8) is 0 Å². The molecule has 2 fully saturated rings. The van der Waals surface area contributed by atoms with Gasteiger partial charge in [-0.1, -0.05) is 26.7 Å². The number of nitrogens with two attached hydrogens (primary N) is 1. The molecular formula is C17H32N2O2. The first-order chi connectivity index (χ1) is 9.70. The number of rotatable bonds is 2. The minimum Gasteiger partial charge on any atom is -0.444 e. The highest BCUT2D eigenvalue weighted by Crippen LogP contribution is 2.53. The van der Waals surface area contributed by atoms with Gasteiger partial charge in [0.15, 0.2) is 0 Å². The number of nitrogens with zero attached hydrogens (tertiary/aromatic N) is 1. The largest absolute Gasteiger partial charge is 0.444 e. The number of likely N-dealkylation sites (tertiary alicyclic amines) is 1. The van der Waals surface area contributed by atoms with Crippen molar-refractivity contribution in [2.45, 2.75) is 84.4 Å². The standard InChI is InChI=1S/C17H32N2O2/c1-6-10-17(5)13(18)12-9-7-8-11-19(14(12)17)15(20)21-16(2,3)4/h12-14H,6-11,18H2,1-5H3. The second-order valence-electron chi connectivity index (χ2n) is 8.06. The Morgan fingerprint density at radius 3 is 2.62 bits per heavy atom. The molecule has 0 bridgehead atoms. The predicted octanol–water partition coefficient (Wildman–Crippen LogP) is 3.54. The fourth-order valence-corrected chi connectivity index (χ4v) is 4.36. The number of hydrogen-bond acceptors (Lipinski definition) is 3. The van der Waals surface area contributed by atoms with Crippen LogP contribution in [0.15, 0.2) is 0 Å².